The minimum absolute atomic E-state index is 0.00807. The first-order chi connectivity index (χ1) is 17.3. The van der Waals surface area contributed by atoms with Gasteiger partial charge in [0.1, 0.15) is 12.4 Å². The highest BCUT2D eigenvalue weighted by Crippen LogP contribution is 2.30. The van der Waals surface area contributed by atoms with Gasteiger partial charge in [0.05, 0.1) is 16.5 Å². The van der Waals surface area contributed by atoms with Crippen molar-refractivity contribution in [2.45, 2.75) is 38.6 Å². The third-order valence-electron chi connectivity index (χ3n) is 5.45. The van der Waals surface area contributed by atoms with Crippen LogP contribution in [0.5, 0.6) is 5.75 Å². The molecule has 6 nitrogen and oxygen atoms in total. The lowest BCUT2D eigenvalue weighted by atomic mass is 10.2. The molecule has 4 rings (SSSR count). The number of thioether (sulfide) groups is 1. The Balaban J connectivity index is 1.59. The molecule has 0 bridgehead atoms. The number of carbonyl (C=O) groups is 1. The Morgan fingerprint density at radius 2 is 1.75 bits per heavy atom. The number of carbonyl (C=O) groups excluding carboxylic acids is 1. The zero-order valence-corrected chi connectivity index (χ0v) is 22.5. The molecule has 4 aromatic rings. The van der Waals surface area contributed by atoms with Crippen molar-refractivity contribution in [2.75, 3.05) is 10.7 Å². The number of hydrogen-bond donors (Lipinski definition) is 0. The van der Waals surface area contributed by atoms with Gasteiger partial charge in [0.25, 0.3) is 0 Å². The van der Waals surface area contributed by atoms with Crippen molar-refractivity contribution < 1.29 is 9.53 Å². The normalized spacial score (nSPS) is 11.1. The average molecular weight is 542 g/mol. The van der Waals surface area contributed by atoms with Crippen molar-refractivity contribution in [1.29, 1.82) is 0 Å². The van der Waals surface area contributed by atoms with Crippen molar-refractivity contribution in [3.8, 4) is 11.4 Å². The fourth-order valence-corrected chi connectivity index (χ4v) is 5.08. The van der Waals surface area contributed by atoms with Crippen LogP contribution in [0.3, 0.4) is 0 Å². The van der Waals surface area contributed by atoms with E-state index in [9.17, 15) is 4.79 Å². The minimum atomic E-state index is -0.00807. The first-order valence-corrected chi connectivity index (χ1v) is 13.2. The lowest BCUT2D eigenvalue weighted by Gasteiger charge is -2.26. The van der Waals surface area contributed by atoms with Crippen molar-refractivity contribution in [1.82, 2.24) is 14.8 Å². The molecular weight excluding hydrogens is 515 g/mol. The van der Waals surface area contributed by atoms with Gasteiger partial charge in [-0.15, -0.1) is 10.2 Å². The van der Waals surface area contributed by atoms with Crippen LogP contribution in [0.1, 0.15) is 25.2 Å². The van der Waals surface area contributed by atoms with Crippen molar-refractivity contribution >= 4 is 46.6 Å². The fraction of sp³-hybridized carbons (Fsp3) is 0.222. The Morgan fingerprint density at radius 3 is 2.44 bits per heavy atom. The Morgan fingerprint density at radius 1 is 1.03 bits per heavy atom. The predicted molar refractivity (Wildman–Crippen MR) is 147 cm³/mol. The molecule has 1 aromatic heterocycles. The van der Waals surface area contributed by atoms with E-state index in [1.165, 1.54) is 11.8 Å². The van der Waals surface area contributed by atoms with E-state index in [-0.39, 0.29) is 24.3 Å². The van der Waals surface area contributed by atoms with Crippen LogP contribution in [-0.2, 0) is 11.4 Å². The Hall–Kier alpha value is -3.00. The van der Waals surface area contributed by atoms with E-state index in [2.05, 4.69) is 10.2 Å². The molecule has 0 radical (unpaired) electrons. The van der Waals surface area contributed by atoms with Crippen molar-refractivity contribution in [3.63, 3.8) is 0 Å². The summed E-state index contributed by atoms with van der Waals surface area (Å²) in [4.78, 5) is 15.1. The highest BCUT2D eigenvalue weighted by atomic mass is 35.5. The van der Waals surface area contributed by atoms with Crippen LogP contribution in [0.4, 0.5) is 5.69 Å². The number of amides is 1. The summed E-state index contributed by atoms with van der Waals surface area (Å²) < 4.78 is 7.88. The van der Waals surface area contributed by atoms with Crippen LogP contribution in [-0.4, -0.2) is 32.5 Å². The SMILES string of the molecule is Cc1ccccc1-n1c(COc2ccc(Cl)cc2Cl)nnc1SCC(=O)N(c1ccccc1)C(C)C. The second-order valence-corrected chi connectivity index (χ2v) is 10.2. The molecule has 0 unspecified atom stereocenters. The standard InChI is InChI=1S/C27H26Cl2N4O2S/c1-18(2)32(21-10-5-4-6-11-21)26(34)17-36-27-31-30-25(33(27)23-12-8-7-9-19(23)3)16-35-24-14-13-20(28)15-22(24)29/h4-15,18H,16-17H2,1-3H3. The maximum atomic E-state index is 13.3. The third kappa shape index (κ3) is 6.03. The van der Waals surface area contributed by atoms with Crippen LogP contribution >= 0.6 is 35.0 Å². The molecule has 0 spiro atoms. The van der Waals surface area contributed by atoms with Crippen molar-refractivity contribution in [3.05, 3.63) is 94.2 Å². The smallest absolute Gasteiger partial charge is 0.237 e. The summed E-state index contributed by atoms with van der Waals surface area (Å²) in [6, 6.07) is 22.7. The fourth-order valence-electron chi connectivity index (χ4n) is 3.79. The lowest BCUT2D eigenvalue weighted by Crippen LogP contribution is -2.38. The van der Waals surface area contributed by atoms with E-state index in [1.807, 2.05) is 79.9 Å². The Labute approximate surface area is 225 Å². The predicted octanol–water partition coefficient (Wildman–Crippen LogP) is 7.00. The summed E-state index contributed by atoms with van der Waals surface area (Å²) in [5.41, 5.74) is 2.83. The molecule has 0 N–H and O–H groups in total. The molecule has 1 heterocycles. The maximum absolute atomic E-state index is 13.3. The number of hydrogen-bond acceptors (Lipinski definition) is 5. The van der Waals surface area contributed by atoms with Crippen molar-refractivity contribution in [2.24, 2.45) is 0 Å². The van der Waals surface area contributed by atoms with Gasteiger partial charge in [0, 0.05) is 16.8 Å². The van der Waals surface area contributed by atoms with E-state index in [0.717, 1.165) is 16.9 Å². The molecular formula is C27H26Cl2N4O2S. The highest BCUT2D eigenvalue weighted by molar-refractivity contribution is 7.99. The number of aromatic nitrogens is 3. The number of ether oxygens (including phenoxy) is 1. The van der Waals surface area contributed by atoms with Gasteiger partial charge in [-0.3, -0.25) is 9.36 Å². The van der Waals surface area contributed by atoms with E-state index >= 15 is 0 Å². The van der Waals surface area contributed by atoms with Crippen LogP contribution < -0.4 is 9.64 Å². The monoisotopic (exact) mass is 540 g/mol. The third-order valence-corrected chi connectivity index (χ3v) is 6.90. The minimum Gasteiger partial charge on any atom is -0.484 e. The van der Waals surface area contributed by atoms with Gasteiger partial charge in [0.15, 0.2) is 11.0 Å². The van der Waals surface area contributed by atoms with Gasteiger partial charge in [-0.05, 0) is 62.7 Å². The molecule has 0 aliphatic rings. The molecule has 186 valence electrons. The number of anilines is 1. The van der Waals surface area contributed by atoms with Gasteiger partial charge >= 0.3 is 0 Å². The molecule has 1 amide bonds. The number of para-hydroxylation sites is 2. The molecule has 0 saturated carbocycles. The first kappa shape index (κ1) is 26.1. The molecule has 0 aliphatic heterocycles. The summed E-state index contributed by atoms with van der Waals surface area (Å²) in [7, 11) is 0. The number of aryl methyl sites for hydroxylation is 1. The molecule has 36 heavy (non-hydrogen) atoms. The van der Waals surface area contributed by atoms with Crippen LogP contribution in [0.15, 0.2) is 78.0 Å². The topological polar surface area (TPSA) is 60.2 Å². The maximum Gasteiger partial charge on any atom is 0.237 e. The number of halogens is 2. The summed E-state index contributed by atoms with van der Waals surface area (Å²) in [5.74, 6) is 1.29. The number of benzene rings is 3. The van der Waals surface area contributed by atoms with Gasteiger partial charge in [0.2, 0.25) is 5.91 Å². The quantitative estimate of drug-likeness (QED) is 0.214. The van der Waals surface area contributed by atoms with Gasteiger partial charge in [-0.25, -0.2) is 0 Å². The Bertz CT molecular complexity index is 1340. The molecule has 9 heteroatoms. The molecule has 3 aromatic carbocycles. The number of nitrogens with zero attached hydrogens (tertiary/aromatic N) is 4. The van der Waals surface area contributed by atoms with Gasteiger partial charge in [-0.2, -0.15) is 0 Å². The van der Waals surface area contributed by atoms with Crippen LogP contribution in [0, 0.1) is 6.92 Å². The van der Waals surface area contributed by atoms with E-state index in [0.29, 0.717) is 26.8 Å². The molecule has 0 fully saturated rings. The number of rotatable bonds is 9. The highest BCUT2D eigenvalue weighted by Gasteiger charge is 2.22. The summed E-state index contributed by atoms with van der Waals surface area (Å²) in [6.45, 7) is 6.16. The first-order valence-electron chi connectivity index (χ1n) is 11.4. The largest absolute Gasteiger partial charge is 0.484 e. The Kier molecular flexibility index (Phi) is 8.56. The molecule has 0 aliphatic carbocycles. The zero-order valence-electron chi connectivity index (χ0n) is 20.2. The van der Waals surface area contributed by atoms with E-state index in [4.69, 9.17) is 27.9 Å². The van der Waals surface area contributed by atoms with Crippen LogP contribution in [0.25, 0.3) is 5.69 Å². The lowest BCUT2D eigenvalue weighted by molar-refractivity contribution is -0.116. The summed E-state index contributed by atoms with van der Waals surface area (Å²) in [6.07, 6.45) is 0. The summed E-state index contributed by atoms with van der Waals surface area (Å²) >= 11 is 13.6. The zero-order chi connectivity index (χ0) is 25.7. The second-order valence-electron chi connectivity index (χ2n) is 8.37. The van der Waals surface area contributed by atoms with Crippen LogP contribution in [0.2, 0.25) is 10.0 Å². The van der Waals surface area contributed by atoms with E-state index < -0.39 is 0 Å². The van der Waals surface area contributed by atoms with Gasteiger partial charge in [-0.1, -0.05) is 71.4 Å². The molecule has 0 atom stereocenters. The summed E-state index contributed by atoms with van der Waals surface area (Å²) in [5, 5.41) is 10.3. The molecule has 0 saturated heterocycles. The van der Waals surface area contributed by atoms with E-state index in [1.54, 1.807) is 23.1 Å². The second kappa shape index (κ2) is 11.8. The average Bonchev–Trinajstić information content (AvgIpc) is 3.25. The van der Waals surface area contributed by atoms with Gasteiger partial charge < -0.3 is 9.64 Å².